The number of aliphatic hydroxyl groups excluding tert-OH is 1. The molecule has 0 saturated heterocycles. The highest BCUT2D eigenvalue weighted by Gasteiger charge is 2.31. The van der Waals surface area contributed by atoms with E-state index < -0.39 is 39.3 Å². The zero-order valence-electron chi connectivity index (χ0n) is 14.4. The quantitative estimate of drug-likeness (QED) is 0.740. The first-order valence-corrected chi connectivity index (χ1v) is 9.13. The van der Waals surface area contributed by atoms with Gasteiger partial charge in [-0.15, -0.1) is 0 Å². The highest BCUT2D eigenvalue weighted by atomic mass is 32.2. The van der Waals surface area contributed by atoms with Gasteiger partial charge in [-0.3, -0.25) is 0 Å². The maximum atomic E-state index is 12.7. The second-order valence-electron chi connectivity index (χ2n) is 5.51. The van der Waals surface area contributed by atoms with Gasteiger partial charge >= 0.3 is 6.18 Å². The first-order valence-electron chi connectivity index (χ1n) is 7.65. The van der Waals surface area contributed by atoms with Gasteiger partial charge in [-0.2, -0.15) is 13.2 Å². The third-order valence-corrected chi connectivity index (χ3v) is 5.15. The van der Waals surface area contributed by atoms with Crippen molar-refractivity contribution >= 4 is 10.0 Å². The van der Waals surface area contributed by atoms with E-state index in [2.05, 4.69) is 4.72 Å². The molecule has 0 amide bonds. The number of benzene rings is 2. The van der Waals surface area contributed by atoms with Crippen LogP contribution >= 0.6 is 0 Å². The molecule has 0 aromatic heterocycles. The van der Waals surface area contributed by atoms with E-state index in [-0.39, 0.29) is 0 Å². The summed E-state index contributed by atoms with van der Waals surface area (Å²) >= 11 is 0. The summed E-state index contributed by atoms with van der Waals surface area (Å²) in [6.07, 6.45) is -5.91. The van der Waals surface area contributed by atoms with Gasteiger partial charge in [0.2, 0.25) is 10.0 Å². The first-order chi connectivity index (χ1) is 12.6. The van der Waals surface area contributed by atoms with Crippen LogP contribution in [-0.2, 0) is 16.2 Å². The van der Waals surface area contributed by atoms with Crippen molar-refractivity contribution < 1.29 is 36.2 Å². The molecule has 2 aromatic carbocycles. The van der Waals surface area contributed by atoms with Gasteiger partial charge in [0.15, 0.2) is 11.5 Å². The van der Waals surface area contributed by atoms with Gasteiger partial charge in [0, 0.05) is 6.54 Å². The molecule has 2 aromatic rings. The number of sulfonamides is 1. The van der Waals surface area contributed by atoms with Gasteiger partial charge in [0.05, 0.1) is 30.8 Å². The van der Waals surface area contributed by atoms with E-state index in [0.717, 1.165) is 18.2 Å². The molecule has 0 bridgehead atoms. The average molecular weight is 405 g/mol. The van der Waals surface area contributed by atoms with Crippen LogP contribution in [0.25, 0.3) is 0 Å². The lowest BCUT2D eigenvalue weighted by Gasteiger charge is -2.15. The lowest BCUT2D eigenvalue weighted by atomic mass is 10.1. The summed E-state index contributed by atoms with van der Waals surface area (Å²) in [5.74, 6) is 0.771. The molecule has 10 heteroatoms. The first kappa shape index (κ1) is 21.0. The highest BCUT2D eigenvalue weighted by molar-refractivity contribution is 7.89. The summed E-state index contributed by atoms with van der Waals surface area (Å²) in [4.78, 5) is -0.545. The van der Waals surface area contributed by atoms with Crippen LogP contribution in [0.1, 0.15) is 17.2 Å². The molecule has 0 aliphatic heterocycles. The van der Waals surface area contributed by atoms with E-state index in [1.165, 1.54) is 26.4 Å². The largest absolute Gasteiger partial charge is 0.493 e. The van der Waals surface area contributed by atoms with Crippen LogP contribution in [0.4, 0.5) is 13.2 Å². The molecule has 0 aliphatic carbocycles. The molecule has 0 radical (unpaired) electrons. The number of halogens is 3. The number of methoxy groups -OCH3 is 2. The Labute approximate surface area is 154 Å². The average Bonchev–Trinajstić information content (AvgIpc) is 2.65. The Kier molecular flexibility index (Phi) is 6.34. The van der Waals surface area contributed by atoms with Crippen LogP contribution in [0, 0.1) is 0 Å². The zero-order chi connectivity index (χ0) is 20.2. The topological polar surface area (TPSA) is 84.9 Å². The van der Waals surface area contributed by atoms with Crippen LogP contribution in [0.5, 0.6) is 11.5 Å². The summed E-state index contributed by atoms with van der Waals surface area (Å²) in [7, 11) is -1.39. The number of hydrogen-bond donors (Lipinski definition) is 2. The molecule has 2 rings (SSSR count). The van der Waals surface area contributed by atoms with Gasteiger partial charge in [0.1, 0.15) is 0 Å². The Hall–Kier alpha value is -2.30. The standard InChI is InChI=1S/C17H18F3NO5S/c1-25-15-7-6-11(8-16(15)26-2)14(22)10-21-27(23,24)13-5-3-4-12(9-13)17(18,19)20/h3-9,14,21-22H,10H2,1-2H3. The molecule has 0 saturated carbocycles. The maximum Gasteiger partial charge on any atom is 0.416 e. The predicted molar refractivity (Wildman–Crippen MR) is 91.1 cm³/mol. The van der Waals surface area contributed by atoms with Crippen LogP contribution in [0.3, 0.4) is 0 Å². The Balaban J connectivity index is 2.15. The predicted octanol–water partition coefficient (Wildman–Crippen LogP) is 2.73. The maximum absolute atomic E-state index is 12.7. The van der Waals surface area contributed by atoms with E-state index in [1.54, 1.807) is 6.07 Å². The summed E-state index contributed by atoms with van der Waals surface area (Å²) in [6, 6.07) is 7.89. The fourth-order valence-electron chi connectivity index (χ4n) is 2.29. The van der Waals surface area contributed by atoms with Crippen LogP contribution in [0.2, 0.25) is 0 Å². The molecule has 6 nitrogen and oxygen atoms in total. The highest BCUT2D eigenvalue weighted by Crippen LogP contribution is 2.31. The van der Waals surface area contributed by atoms with Crippen molar-refractivity contribution in [2.24, 2.45) is 0 Å². The monoisotopic (exact) mass is 405 g/mol. The molecular weight excluding hydrogens is 387 g/mol. The Morgan fingerprint density at radius 3 is 2.33 bits per heavy atom. The zero-order valence-corrected chi connectivity index (χ0v) is 15.3. The minimum atomic E-state index is -4.66. The number of nitrogens with one attached hydrogen (secondary N) is 1. The molecular formula is C17H18F3NO5S. The van der Waals surface area contributed by atoms with Gasteiger partial charge in [-0.05, 0) is 35.9 Å². The Bertz CT molecular complexity index is 900. The van der Waals surface area contributed by atoms with Crippen molar-refractivity contribution in [3.05, 3.63) is 53.6 Å². The molecule has 0 fully saturated rings. The normalized spacial score (nSPS) is 13.3. The summed E-state index contributed by atoms with van der Waals surface area (Å²) in [5, 5.41) is 10.2. The van der Waals surface area contributed by atoms with E-state index in [1.807, 2.05) is 0 Å². The molecule has 0 spiro atoms. The van der Waals surface area contributed by atoms with Crippen molar-refractivity contribution in [3.63, 3.8) is 0 Å². The van der Waals surface area contributed by atoms with E-state index in [0.29, 0.717) is 23.1 Å². The van der Waals surface area contributed by atoms with E-state index >= 15 is 0 Å². The third-order valence-electron chi connectivity index (χ3n) is 3.73. The summed E-state index contributed by atoms with van der Waals surface area (Å²) < 4.78 is 75.0. The van der Waals surface area contributed by atoms with Gasteiger partial charge in [-0.1, -0.05) is 12.1 Å². The second kappa shape index (κ2) is 8.15. The Morgan fingerprint density at radius 1 is 1.07 bits per heavy atom. The fraction of sp³-hybridized carbons (Fsp3) is 0.294. The van der Waals surface area contributed by atoms with Crippen LogP contribution in [-0.4, -0.2) is 34.3 Å². The van der Waals surface area contributed by atoms with Gasteiger partial charge in [0.25, 0.3) is 0 Å². The summed E-state index contributed by atoms with van der Waals surface area (Å²) in [5.41, 5.74) is -0.731. The van der Waals surface area contributed by atoms with Crippen molar-refractivity contribution in [1.82, 2.24) is 4.72 Å². The lowest BCUT2D eigenvalue weighted by Crippen LogP contribution is -2.28. The van der Waals surface area contributed by atoms with Crippen molar-refractivity contribution in [3.8, 4) is 11.5 Å². The minimum absolute atomic E-state index is 0.342. The number of alkyl halides is 3. The fourth-order valence-corrected chi connectivity index (χ4v) is 3.37. The number of ether oxygens (including phenoxy) is 2. The molecule has 148 valence electrons. The van der Waals surface area contributed by atoms with Crippen molar-refractivity contribution in [1.29, 1.82) is 0 Å². The third kappa shape index (κ3) is 5.12. The lowest BCUT2D eigenvalue weighted by molar-refractivity contribution is -0.137. The molecule has 1 unspecified atom stereocenters. The summed E-state index contributed by atoms with van der Waals surface area (Å²) in [6.45, 7) is -0.436. The van der Waals surface area contributed by atoms with Crippen LogP contribution in [0.15, 0.2) is 47.4 Å². The molecule has 27 heavy (non-hydrogen) atoms. The van der Waals surface area contributed by atoms with Crippen LogP contribution < -0.4 is 14.2 Å². The number of aliphatic hydroxyl groups is 1. The van der Waals surface area contributed by atoms with Gasteiger partial charge < -0.3 is 14.6 Å². The smallest absolute Gasteiger partial charge is 0.416 e. The van der Waals surface area contributed by atoms with Crippen molar-refractivity contribution in [2.45, 2.75) is 17.2 Å². The number of rotatable bonds is 7. The van der Waals surface area contributed by atoms with Crippen molar-refractivity contribution in [2.75, 3.05) is 20.8 Å². The Morgan fingerprint density at radius 2 is 1.74 bits per heavy atom. The number of hydrogen-bond acceptors (Lipinski definition) is 5. The molecule has 1 atom stereocenters. The molecule has 2 N–H and O–H groups in total. The van der Waals surface area contributed by atoms with E-state index in [4.69, 9.17) is 9.47 Å². The SMILES string of the molecule is COc1ccc(C(O)CNS(=O)(=O)c2cccc(C(F)(F)F)c2)cc1OC. The van der Waals surface area contributed by atoms with Gasteiger partial charge in [-0.25, -0.2) is 13.1 Å². The minimum Gasteiger partial charge on any atom is -0.493 e. The second-order valence-corrected chi connectivity index (χ2v) is 7.27. The van der Waals surface area contributed by atoms with E-state index in [9.17, 15) is 26.7 Å². The molecule has 0 aliphatic rings. The molecule has 0 heterocycles.